The van der Waals surface area contributed by atoms with Crippen LogP contribution in [0.2, 0.25) is 10.0 Å². The van der Waals surface area contributed by atoms with E-state index < -0.39 is 23.6 Å². The molecule has 27 heavy (non-hydrogen) atoms. The number of carbonyl (C=O) groups is 2. The Hall–Kier alpha value is -2.50. The van der Waals surface area contributed by atoms with Gasteiger partial charge in [-0.1, -0.05) is 49.2 Å². The highest BCUT2D eigenvalue weighted by Gasteiger charge is 2.44. The Kier molecular flexibility index (Phi) is 5.18. The summed E-state index contributed by atoms with van der Waals surface area (Å²) in [5.41, 5.74) is 0.856. The summed E-state index contributed by atoms with van der Waals surface area (Å²) in [5.74, 6) is -2.11. The highest BCUT2D eigenvalue weighted by atomic mass is 35.5. The number of carbonyl (C=O) groups excluding carboxylic acids is 2. The van der Waals surface area contributed by atoms with Crippen molar-refractivity contribution in [2.45, 2.75) is 19.9 Å². The Morgan fingerprint density at radius 2 is 1.78 bits per heavy atom. The van der Waals surface area contributed by atoms with Crippen molar-refractivity contribution in [2.24, 2.45) is 5.92 Å². The molecule has 1 aliphatic heterocycles. The molecule has 0 radical (unpaired) electrons. The van der Waals surface area contributed by atoms with E-state index in [0.717, 1.165) is 0 Å². The summed E-state index contributed by atoms with van der Waals surface area (Å²) in [6.07, 6.45) is 0. The third-order valence-corrected chi connectivity index (χ3v) is 5.10. The predicted molar refractivity (Wildman–Crippen MR) is 104 cm³/mol. The first kappa shape index (κ1) is 19.3. The van der Waals surface area contributed by atoms with E-state index in [0.29, 0.717) is 16.3 Å². The topological polar surface area (TPSA) is 77.8 Å². The second-order valence-electron chi connectivity index (χ2n) is 6.55. The van der Waals surface area contributed by atoms with E-state index in [1.165, 1.54) is 29.2 Å². The molecule has 3 rings (SSSR count). The van der Waals surface area contributed by atoms with Crippen LogP contribution in [0.15, 0.2) is 53.8 Å². The lowest BCUT2D eigenvalue weighted by Crippen LogP contribution is -2.31. The molecular weight excluding hydrogens is 389 g/mol. The number of nitrogens with zero attached hydrogens (tertiary/aromatic N) is 1. The van der Waals surface area contributed by atoms with Gasteiger partial charge in [-0.25, -0.2) is 0 Å². The summed E-state index contributed by atoms with van der Waals surface area (Å²) in [6.45, 7) is 3.38. The third kappa shape index (κ3) is 3.40. The minimum absolute atomic E-state index is 0.00771. The van der Waals surface area contributed by atoms with Gasteiger partial charge >= 0.3 is 0 Å². The average molecular weight is 406 g/mol. The number of aliphatic hydroxyl groups excluding tert-OH is 1. The van der Waals surface area contributed by atoms with Gasteiger partial charge in [0.1, 0.15) is 5.75 Å². The molecular formula is C20H17Cl2NO4. The Morgan fingerprint density at radius 1 is 1.07 bits per heavy atom. The quantitative estimate of drug-likeness (QED) is 0.763. The van der Waals surface area contributed by atoms with Gasteiger partial charge in [0.2, 0.25) is 0 Å². The molecule has 0 fully saturated rings. The molecule has 2 aromatic rings. The maximum atomic E-state index is 12.8. The molecule has 1 amide bonds. The second kappa shape index (κ2) is 7.25. The van der Waals surface area contributed by atoms with Gasteiger partial charge in [-0.3, -0.25) is 14.5 Å². The van der Waals surface area contributed by atoms with Gasteiger partial charge in [-0.05, 0) is 35.9 Å². The molecule has 0 saturated carbocycles. The monoisotopic (exact) mass is 405 g/mol. The van der Waals surface area contributed by atoms with E-state index >= 15 is 0 Å². The van der Waals surface area contributed by atoms with Gasteiger partial charge in [0, 0.05) is 11.6 Å². The normalized spacial score (nSPS) is 17.1. The number of ketones is 1. The van der Waals surface area contributed by atoms with Crippen LogP contribution in [0.5, 0.6) is 5.75 Å². The first-order valence-corrected chi connectivity index (χ1v) is 9.02. The lowest BCUT2D eigenvalue weighted by Gasteiger charge is -2.27. The minimum atomic E-state index is -0.892. The van der Waals surface area contributed by atoms with Gasteiger partial charge < -0.3 is 10.2 Å². The summed E-state index contributed by atoms with van der Waals surface area (Å²) < 4.78 is 0. The number of Topliss-reactive ketones (excluding diaryl/α,β-unsaturated/α-hetero) is 1. The average Bonchev–Trinajstić information content (AvgIpc) is 2.88. The highest BCUT2D eigenvalue weighted by molar-refractivity contribution is 6.42. The summed E-state index contributed by atoms with van der Waals surface area (Å²) >= 11 is 12.1. The standard InChI is InChI=1S/C20H17Cl2NO4/c1-10(2)18(25)16-17(11-4-3-5-13(24)8-11)23(20(27)19(16)26)12-6-7-14(21)15(22)9-12/h3-10,17,24,26H,1-2H3. The number of anilines is 1. The van der Waals surface area contributed by atoms with Crippen molar-refractivity contribution in [3.8, 4) is 5.75 Å². The SMILES string of the molecule is CC(C)C(=O)C1=C(O)C(=O)N(c2ccc(Cl)c(Cl)c2)C1c1cccc(O)c1. The Bertz CT molecular complexity index is 968. The van der Waals surface area contributed by atoms with Crippen molar-refractivity contribution in [2.75, 3.05) is 4.90 Å². The van der Waals surface area contributed by atoms with E-state index in [1.54, 1.807) is 32.0 Å². The smallest absolute Gasteiger partial charge is 0.294 e. The number of aliphatic hydroxyl groups is 1. The van der Waals surface area contributed by atoms with Gasteiger partial charge in [0.05, 0.1) is 21.7 Å². The zero-order valence-electron chi connectivity index (χ0n) is 14.6. The van der Waals surface area contributed by atoms with Gasteiger partial charge in [-0.15, -0.1) is 0 Å². The molecule has 1 heterocycles. The molecule has 0 aromatic heterocycles. The molecule has 2 aromatic carbocycles. The van der Waals surface area contributed by atoms with Crippen LogP contribution in [-0.2, 0) is 9.59 Å². The van der Waals surface area contributed by atoms with Crippen LogP contribution >= 0.6 is 23.2 Å². The zero-order chi connectivity index (χ0) is 19.9. The van der Waals surface area contributed by atoms with E-state index in [4.69, 9.17) is 23.2 Å². The van der Waals surface area contributed by atoms with Crippen LogP contribution in [0, 0.1) is 5.92 Å². The molecule has 0 saturated heterocycles. The van der Waals surface area contributed by atoms with Crippen molar-refractivity contribution in [3.05, 3.63) is 69.4 Å². The molecule has 1 atom stereocenters. The zero-order valence-corrected chi connectivity index (χ0v) is 16.1. The van der Waals surface area contributed by atoms with Crippen LogP contribution in [0.3, 0.4) is 0 Å². The highest BCUT2D eigenvalue weighted by Crippen LogP contribution is 2.43. The molecule has 2 N–H and O–H groups in total. The number of hydrogen-bond acceptors (Lipinski definition) is 4. The van der Waals surface area contributed by atoms with Gasteiger partial charge in [0.15, 0.2) is 11.5 Å². The lowest BCUT2D eigenvalue weighted by molar-refractivity contribution is -0.119. The number of rotatable bonds is 4. The largest absolute Gasteiger partial charge is 0.508 e. The number of aromatic hydroxyl groups is 1. The number of hydrogen-bond donors (Lipinski definition) is 2. The Balaban J connectivity index is 2.21. The minimum Gasteiger partial charge on any atom is -0.508 e. The van der Waals surface area contributed by atoms with Gasteiger partial charge in [0.25, 0.3) is 5.91 Å². The Labute approximate surface area is 166 Å². The fourth-order valence-corrected chi connectivity index (χ4v) is 3.37. The van der Waals surface area contributed by atoms with E-state index in [1.807, 2.05) is 0 Å². The number of benzene rings is 2. The molecule has 1 aliphatic rings. The molecule has 1 unspecified atom stereocenters. The Morgan fingerprint density at radius 3 is 2.37 bits per heavy atom. The fourth-order valence-electron chi connectivity index (χ4n) is 3.08. The maximum Gasteiger partial charge on any atom is 0.294 e. The molecule has 0 bridgehead atoms. The van der Waals surface area contributed by atoms with Crippen LogP contribution in [0.25, 0.3) is 0 Å². The van der Waals surface area contributed by atoms with Crippen LogP contribution < -0.4 is 4.90 Å². The van der Waals surface area contributed by atoms with Crippen LogP contribution in [0.1, 0.15) is 25.5 Å². The first-order chi connectivity index (χ1) is 12.7. The molecule has 140 valence electrons. The van der Waals surface area contributed by atoms with Crippen molar-refractivity contribution in [3.63, 3.8) is 0 Å². The summed E-state index contributed by atoms with van der Waals surface area (Å²) in [4.78, 5) is 26.9. The number of phenolic OH excluding ortho intramolecular Hbond substituents is 1. The number of halogens is 2. The second-order valence-corrected chi connectivity index (χ2v) is 7.37. The molecule has 0 spiro atoms. The third-order valence-electron chi connectivity index (χ3n) is 4.37. The van der Waals surface area contributed by atoms with Crippen molar-refractivity contribution >= 4 is 40.6 Å². The molecule has 7 heteroatoms. The molecule has 5 nitrogen and oxygen atoms in total. The number of phenols is 1. The van der Waals surface area contributed by atoms with E-state index in [2.05, 4.69) is 0 Å². The fraction of sp³-hybridized carbons (Fsp3) is 0.200. The summed E-state index contributed by atoms with van der Waals surface area (Å²) in [5, 5.41) is 20.9. The lowest BCUT2D eigenvalue weighted by atomic mass is 9.91. The van der Waals surface area contributed by atoms with Gasteiger partial charge in [-0.2, -0.15) is 0 Å². The van der Waals surface area contributed by atoms with Crippen LogP contribution in [0.4, 0.5) is 5.69 Å². The van der Waals surface area contributed by atoms with E-state index in [-0.39, 0.29) is 22.1 Å². The summed E-state index contributed by atoms with van der Waals surface area (Å²) in [6, 6.07) is 9.93. The predicted octanol–water partition coefficient (Wildman–Crippen LogP) is 4.82. The van der Waals surface area contributed by atoms with Crippen molar-refractivity contribution in [1.29, 1.82) is 0 Å². The molecule has 0 aliphatic carbocycles. The number of amides is 1. The van der Waals surface area contributed by atoms with Crippen LogP contribution in [-0.4, -0.2) is 21.9 Å². The van der Waals surface area contributed by atoms with E-state index in [9.17, 15) is 19.8 Å². The first-order valence-electron chi connectivity index (χ1n) is 8.27. The summed E-state index contributed by atoms with van der Waals surface area (Å²) in [7, 11) is 0. The maximum absolute atomic E-state index is 12.8. The van der Waals surface area contributed by atoms with Crippen molar-refractivity contribution in [1.82, 2.24) is 0 Å². The van der Waals surface area contributed by atoms with Crippen molar-refractivity contribution < 1.29 is 19.8 Å².